The second-order valence-electron chi connectivity index (χ2n) is 4.43. The predicted octanol–water partition coefficient (Wildman–Crippen LogP) is 2.89. The van der Waals surface area contributed by atoms with Gasteiger partial charge < -0.3 is 4.74 Å². The lowest BCUT2D eigenvalue weighted by atomic mass is 10.2. The van der Waals surface area contributed by atoms with Crippen molar-refractivity contribution in [3.8, 4) is 0 Å². The van der Waals surface area contributed by atoms with E-state index in [4.69, 9.17) is 11.6 Å². The van der Waals surface area contributed by atoms with Gasteiger partial charge in [-0.2, -0.15) is 13.9 Å². The van der Waals surface area contributed by atoms with Gasteiger partial charge >= 0.3 is 12.3 Å². The quantitative estimate of drug-likeness (QED) is 0.688. The van der Waals surface area contributed by atoms with E-state index in [0.717, 1.165) is 0 Å². The molecule has 0 aromatic carbocycles. The van der Waals surface area contributed by atoms with Gasteiger partial charge in [-0.1, -0.05) is 11.6 Å². The van der Waals surface area contributed by atoms with Crippen molar-refractivity contribution in [3.63, 3.8) is 0 Å². The molecule has 0 spiro atoms. The molecule has 1 aromatic heterocycles. The van der Waals surface area contributed by atoms with Gasteiger partial charge in [-0.25, -0.2) is 8.78 Å². The highest BCUT2D eigenvalue weighted by atomic mass is 35.5. The summed E-state index contributed by atoms with van der Waals surface area (Å²) in [6.45, 7) is 1.77. The van der Waals surface area contributed by atoms with Crippen LogP contribution in [0.2, 0.25) is 5.02 Å². The Labute approximate surface area is 124 Å². The molecule has 0 saturated heterocycles. The second kappa shape index (κ2) is 7.22. The van der Waals surface area contributed by atoms with E-state index >= 15 is 0 Å². The van der Waals surface area contributed by atoms with E-state index in [2.05, 4.69) is 9.84 Å². The molecule has 0 aliphatic carbocycles. The molecule has 0 amide bonds. The van der Waals surface area contributed by atoms with Crippen molar-refractivity contribution in [1.29, 1.82) is 0 Å². The molecule has 1 aromatic rings. The van der Waals surface area contributed by atoms with Crippen molar-refractivity contribution in [3.05, 3.63) is 16.4 Å². The van der Waals surface area contributed by atoms with E-state index in [0.29, 0.717) is 23.0 Å². The Morgan fingerprint density at radius 3 is 2.62 bits per heavy atom. The van der Waals surface area contributed by atoms with Gasteiger partial charge in [0.05, 0.1) is 22.8 Å². The summed E-state index contributed by atoms with van der Waals surface area (Å²) in [6, 6.07) is 0. The number of carbonyl (C=O) groups is 1. The number of Topliss-reactive ketones (excluding diaryl/α,β-unsaturated/α-hetero) is 1. The SMILES string of the molecule is CCn1nc(C)c(Cl)c1CC(=O)COCC(F)(F)C(F)F. The fourth-order valence-electron chi connectivity index (χ4n) is 1.64. The van der Waals surface area contributed by atoms with Crippen LogP contribution >= 0.6 is 11.6 Å². The highest BCUT2D eigenvalue weighted by Crippen LogP contribution is 2.23. The number of alkyl halides is 4. The number of halogens is 5. The van der Waals surface area contributed by atoms with Crippen LogP contribution in [0.4, 0.5) is 17.6 Å². The topological polar surface area (TPSA) is 44.1 Å². The van der Waals surface area contributed by atoms with Crippen molar-refractivity contribution in [1.82, 2.24) is 9.78 Å². The largest absolute Gasteiger partial charge is 0.367 e. The van der Waals surface area contributed by atoms with Crippen LogP contribution in [-0.2, 0) is 22.5 Å². The minimum atomic E-state index is -4.26. The van der Waals surface area contributed by atoms with E-state index in [1.165, 1.54) is 4.68 Å². The summed E-state index contributed by atoms with van der Waals surface area (Å²) in [7, 11) is 0. The molecule has 0 saturated carbocycles. The molecule has 0 unspecified atom stereocenters. The van der Waals surface area contributed by atoms with Crippen LogP contribution in [0.3, 0.4) is 0 Å². The molecule has 9 heteroatoms. The highest BCUT2D eigenvalue weighted by Gasteiger charge is 2.41. The molecule has 120 valence electrons. The standard InChI is InChI=1S/C12H15ClF4N2O2/c1-3-19-9(10(13)7(2)18-19)4-8(20)5-21-6-12(16,17)11(14)15/h11H,3-6H2,1-2H3. The maximum Gasteiger partial charge on any atom is 0.330 e. The first-order valence-corrected chi connectivity index (χ1v) is 6.54. The van der Waals surface area contributed by atoms with E-state index in [-0.39, 0.29) is 6.42 Å². The van der Waals surface area contributed by atoms with Crippen LogP contribution in [0.1, 0.15) is 18.3 Å². The second-order valence-corrected chi connectivity index (χ2v) is 4.81. The minimum Gasteiger partial charge on any atom is -0.367 e. The lowest BCUT2D eigenvalue weighted by Gasteiger charge is -2.14. The maximum atomic E-state index is 12.6. The molecule has 0 aliphatic heterocycles. The molecule has 0 N–H and O–H groups in total. The molecular formula is C12H15ClF4N2O2. The number of aryl methyl sites for hydroxylation is 2. The Hall–Kier alpha value is -1.15. The minimum absolute atomic E-state index is 0.159. The lowest BCUT2D eigenvalue weighted by molar-refractivity contribution is -0.168. The van der Waals surface area contributed by atoms with Gasteiger partial charge in [-0.05, 0) is 13.8 Å². The number of aromatic nitrogens is 2. The molecule has 4 nitrogen and oxygen atoms in total. The Kier molecular flexibility index (Phi) is 6.15. The van der Waals surface area contributed by atoms with Crippen molar-refractivity contribution < 1.29 is 27.1 Å². The Balaban J connectivity index is 2.56. The average molecular weight is 331 g/mol. The number of carbonyl (C=O) groups excluding carboxylic acids is 1. The molecule has 1 rings (SSSR count). The third-order valence-electron chi connectivity index (χ3n) is 2.69. The Bertz CT molecular complexity index is 506. The van der Waals surface area contributed by atoms with E-state index < -0.39 is 31.3 Å². The lowest BCUT2D eigenvalue weighted by Crippen LogP contribution is -2.33. The molecular weight excluding hydrogens is 316 g/mol. The molecule has 1 heterocycles. The zero-order valence-corrected chi connectivity index (χ0v) is 12.3. The first-order valence-electron chi connectivity index (χ1n) is 6.16. The summed E-state index contributed by atoms with van der Waals surface area (Å²) in [6.07, 6.45) is -3.99. The first-order chi connectivity index (χ1) is 9.69. The summed E-state index contributed by atoms with van der Waals surface area (Å²) in [5, 5.41) is 4.42. The maximum absolute atomic E-state index is 12.6. The number of ether oxygens (including phenoxy) is 1. The fourth-order valence-corrected chi connectivity index (χ4v) is 1.84. The molecule has 0 radical (unpaired) electrons. The van der Waals surface area contributed by atoms with Gasteiger partial charge in [0.1, 0.15) is 13.2 Å². The summed E-state index contributed by atoms with van der Waals surface area (Å²) < 4.78 is 54.8. The zero-order valence-electron chi connectivity index (χ0n) is 11.5. The van der Waals surface area contributed by atoms with Crippen LogP contribution in [0, 0.1) is 6.92 Å². The van der Waals surface area contributed by atoms with Crippen LogP contribution in [0.5, 0.6) is 0 Å². The molecule has 0 bridgehead atoms. The molecule has 0 fully saturated rings. The van der Waals surface area contributed by atoms with Crippen LogP contribution in [0.25, 0.3) is 0 Å². The summed E-state index contributed by atoms with van der Waals surface area (Å²) >= 11 is 5.99. The van der Waals surface area contributed by atoms with E-state index in [1.807, 2.05) is 0 Å². The average Bonchev–Trinajstić information content (AvgIpc) is 2.66. The monoisotopic (exact) mass is 330 g/mol. The zero-order chi connectivity index (χ0) is 16.2. The summed E-state index contributed by atoms with van der Waals surface area (Å²) in [4.78, 5) is 11.6. The van der Waals surface area contributed by atoms with Gasteiger partial charge in [0.2, 0.25) is 0 Å². The number of nitrogens with zero attached hydrogens (tertiary/aromatic N) is 2. The van der Waals surface area contributed by atoms with Crippen LogP contribution in [-0.4, -0.2) is 41.1 Å². The molecule has 0 aliphatic rings. The van der Waals surface area contributed by atoms with Crippen molar-refractivity contribution >= 4 is 17.4 Å². The van der Waals surface area contributed by atoms with Gasteiger partial charge in [-0.15, -0.1) is 0 Å². The van der Waals surface area contributed by atoms with Crippen LogP contribution < -0.4 is 0 Å². The summed E-state index contributed by atoms with van der Waals surface area (Å²) in [5.74, 6) is -4.81. The van der Waals surface area contributed by atoms with Gasteiger partial charge in [-0.3, -0.25) is 9.48 Å². The third-order valence-corrected chi connectivity index (χ3v) is 3.19. The van der Waals surface area contributed by atoms with Crippen LogP contribution in [0.15, 0.2) is 0 Å². The number of hydrogen-bond acceptors (Lipinski definition) is 3. The van der Waals surface area contributed by atoms with E-state index in [1.54, 1.807) is 13.8 Å². The van der Waals surface area contributed by atoms with E-state index in [9.17, 15) is 22.4 Å². The number of rotatable bonds is 8. The highest BCUT2D eigenvalue weighted by molar-refractivity contribution is 6.32. The summed E-state index contributed by atoms with van der Waals surface area (Å²) in [5.41, 5.74) is 0.998. The Morgan fingerprint density at radius 2 is 2.10 bits per heavy atom. The third kappa shape index (κ3) is 4.67. The van der Waals surface area contributed by atoms with Gasteiger partial charge in [0, 0.05) is 6.54 Å². The van der Waals surface area contributed by atoms with Gasteiger partial charge in [0.25, 0.3) is 0 Å². The molecule has 21 heavy (non-hydrogen) atoms. The smallest absolute Gasteiger partial charge is 0.330 e. The normalized spacial score (nSPS) is 12.2. The van der Waals surface area contributed by atoms with Gasteiger partial charge in [0.15, 0.2) is 5.78 Å². The first kappa shape index (κ1) is 17.9. The molecule has 0 atom stereocenters. The van der Waals surface area contributed by atoms with Crippen molar-refractivity contribution in [2.45, 2.75) is 39.2 Å². The number of hydrogen-bond donors (Lipinski definition) is 0. The Morgan fingerprint density at radius 1 is 1.48 bits per heavy atom. The number of ketones is 1. The van der Waals surface area contributed by atoms with Crippen molar-refractivity contribution in [2.75, 3.05) is 13.2 Å². The predicted molar refractivity (Wildman–Crippen MR) is 68.1 cm³/mol. The van der Waals surface area contributed by atoms with Crippen molar-refractivity contribution in [2.24, 2.45) is 0 Å². The fraction of sp³-hybridized carbons (Fsp3) is 0.667.